The third-order valence-electron chi connectivity index (χ3n) is 2.79. The third kappa shape index (κ3) is 7.45. The summed E-state index contributed by atoms with van der Waals surface area (Å²) in [5.41, 5.74) is 5.62. The molecule has 0 radical (unpaired) electrons. The molecule has 20 heavy (non-hydrogen) atoms. The van der Waals surface area contributed by atoms with Crippen molar-refractivity contribution in [1.29, 1.82) is 0 Å². The van der Waals surface area contributed by atoms with Crippen LogP contribution in [0.3, 0.4) is 0 Å². The molecule has 0 unspecified atom stereocenters. The predicted molar refractivity (Wildman–Crippen MR) is 79.3 cm³/mol. The number of furan rings is 1. The van der Waals surface area contributed by atoms with Crippen LogP contribution in [0.5, 0.6) is 0 Å². The molecule has 0 atom stereocenters. The molecule has 6 nitrogen and oxygen atoms in total. The lowest BCUT2D eigenvalue weighted by Gasteiger charge is -2.05. The molecule has 1 aromatic rings. The van der Waals surface area contributed by atoms with Gasteiger partial charge in [0.15, 0.2) is 5.96 Å². The van der Waals surface area contributed by atoms with Crippen LogP contribution in [0.4, 0.5) is 4.79 Å². The van der Waals surface area contributed by atoms with Crippen LogP contribution >= 0.6 is 0 Å². The van der Waals surface area contributed by atoms with Crippen molar-refractivity contribution in [1.82, 2.24) is 10.6 Å². The number of nitrogens with zero attached hydrogens (tertiary/aromatic N) is 1. The molecule has 4 N–H and O–H groups in total. The average Bonchev–Trinajstić information content (AvgIpc) is 2.93. The Morgan fingerprint density at radius 3 is 2.85 bits per heavy atom. The van der Waals surface area contributed by atoms with Gasteiger partial charge in [0, 0.05) is 6.54 Å². The number of aliphatic imine (C=N–C) groups is 1. The molecule has 0 aliphatic heterocycles. The van der Waals surface area contributed by atoms with Crippen molar-refractivity contribution in [2.75, 3.05) is 6.54 Å². The minimum atomic E-state index is -0.381. The zero-order valence-corrected chi connectivity index (χ0v) is 12.0. The maximum Gasteiger partial charge on any atom is 0.321 e. The highest BCUT2D eigenvalue weighted by molar-refractivity contribution is 5.95. The van der Waals surface area contributed by atoms with Crippen molar-refractivity contribution in [3.63, 3.8) is 0 Å². The van der Waals surface area contributed by atoms with E-state index in [1.807, 2.05) is 0 Å². The Balaban J connectivity index is 2.10. The van der Waals surface area contributed by atoms with Crippen molar-refractivity contribution in [3.8, 4) is 0 Å². The Morgan fingerprint density at radius 2 is 2.15 bits per heavy atom. The minimum absolute atomic E-state index is 0.150. The van der Waals surface area contributed by atoms with Crippen molar-refractivity contribution in [3.05, 3.63) is 24.2 Å². The Morgan fingerprint density at radius 1 is 1.35 bits per heavy atom. The molecule has 0 spiro atoms. The van der Waals surface area contributed by atoms with Crippen LogP contribution in [0.15, 0.2) is 27.8 Å². The van der Waals surface area contributed by atoms with Gasteiger partial charge >= 0.3 is 6.03 Å². The lowest BCUT2D eigenvalue weighted by atomic mass is 10.2. The Hall–Kier alpha value is -1.98. The highest BCUT2D eigenvalue weighted by atomic mass is 16.3. The summed E-state index contributed by atoms with van der Waals surface area (Å²) in [6.45, 7) is 3.15. The van der Waals surface area contributed by atoms with E-state index in [1.54, 1.807) is 18.4 Å². The molecule has 2 amide bonds. The van der Waals surface area contributed by atoms with E-state index in [1.165, 1.54) is 19.3 Å². The van der Waals surface area contributed by atoms with Gasteiger partial charge in [0.25, 0.3) is 0 Å². The molecule has 0 saturated heterocycles. The second-order valence-corrected chi connectivity index (χ2v) is 4.57. The SMILES string of the molecule is CCCCCCCN=C(N)NC(=O)NCc1ccco1. The first-order valence-corrected chi connectivity index (χ1v) is 7.09. The van der Waals surface area contributed by atoms with Crippen LogP contribution < -0.4 is 16.4 Å². The van der Waals surface area contributed by atoms with E-state index in [0.717, 1.165) is 12.8 Å². The number of hydrogen-bond donors (Lipinski definition) is 3. The summed E-state index contributed by atoms with van der Waals surface area (Å²) < 4.78 is 5.10. The zero-order valence-electron chi connectivity index (χ0n) is 12.0. The number of unbranched alkanes of at least 4 members (excludes halogenated alkanes) is 4. The third-order valence-corrected chi connectivity index (χ3v) is 2.79. The lowest BCUT2D eigenvalue weighted by molar-refractivity contribution is 0.244. The first kappa shape index (κ1) is 16.1. The summed E-state index contributed by atoms with van der Waals surface area (Å²) in [5.74, 6) is 0.837. The van der Waals surface area contributed by atoms with Gasteiger partial charge in [-0.05, 0) is 18.6 Å². The Labute approximate surface area is 119 Å². The van der Waals surface area contributed by atoms with Crippen molar-refractivity contribution in [2.45, 2.75) is 45.6 Å². The second kappa shape index (κ2) is 9.89. The van der Waals surface area contributed by atoms with Gasteiger partial charge in [-0.25, -0.2) is 4.79 Å². The molecule has 1 aromatic heterocycles. The standard InChI is InChI=1S/C14H24N4O2/c1-2-3-4-5-6-9-16-13(15)18-14(19)17-11-12-8-7-10-20-12/h7-8,10H,2-6,9,11H2,1H3,(H4,15,16,17,18,19). The maximum atomic E-state index is 11.5. The summed E-state index contributed by atoms with van der Waals surface area (Å²) in [6, 6.07) is 3.17. The van der Waals surface area contributed by atoms with Gasteiger partial charge in [-0.3, -0.25) is 10.3 Å². The van der Waals surface area contributed by atoms with E-state index in [0.29, 0.717) is 18.8 Å². The van der Waals surface area contributed by atoms with Crippen LogP contribution in [-0.2, 0) is 6.54 Å². The van der Waals surface area contributed by atoms with E-state index in [2.05, 4.69) is 22.5 Å². The molecule has 1 heterocycles. The molecule has 0 saturated carbocycles. The fourth-order valence-electron chi connectivity index (χ4n) is 1.70. The number of nitrogens with two attached hydrogens (primary N) is 1. The molecule has 0 aromatic carbocycles. The van der Waals surface area contributed by atoms with Gasteiger partial charge in [-0.1, -0.05) is 32.6 Å². The van der Waals surface area contributed by atoms with Gasteiger partial charge in [0.1, 0.15) is 5.76 Å². The van der Waals surface area contributed by atoms with Gasteiger partial charge in [-0.15, -0.1) is 0 Å². The molecule has 1 rings (SSSR count). The second-order valence-electron chi connectivity index (χ2n) is 4.57. The van der Waals surface area contributed by atoms with E-state index in [9.17, 15) is 4.79 Å². The Kier molecular flexibility index (Phi) is 7.95. The highest BCUT2D eigenvalue weighted by Crippen LogP contribution is 2.02. The fraction of sp³-hybridized carbons (Fsp3) is 0.571. The minimum Gasteiger partial charge on any atom is -0.467 e. The van der Waals surface area contributed by atoms with Crippen LogP contribution in [0.25, 0.3) is 0 Å². The van der Waals surface area contributed by atoms with Gasteiger partial charge in [0.05, 0.1) is 12.8 Å². The fourth-order valence-corrected chi connectivity index (χ4v) is 1.70. The number of nitrogens with one attached hydrogen (secondary N) is 2. The largest absolute Gasteiger partial charge is 0.467 e. The summed E-state index contributed by atoms with van der Waals surface area (Å²) in [6.07, 6.45) is 7.41. The van der Waals surface area contributed by atoms with Crippen molar-refractivity contribution in [2.24, 2.45) is 10.7 Å². The average molecular weight is 280 g/mol. The predicted octanol–water partition coefficient (Wildman–Crippen LogP) is 2.36. The van der Waals surface area contributed by atoms with Crippen molar-refractivity contribution < 1.29 is 9.21 Å². The first-order chi connectivity index (χ1) is 9.72. The van der Waals surface area contributed by atoms with Crippen molar-refractivity contribution >= 4 is 12.0 Å². The topological polar surface area (TPSA) is 92.6 Å². The molecule has 112 valence electrons. The summed E-state index contributed by atoms with van der Waals surface area (Å²) in [4.78, 5) is 15.6. The van der Waals surface area contributed by atoms with Gasteiger partial charge in [0.2, 0.25) is 0 Å². The molecule has 6 heteroatoms. The van der Waals surface area contributed by atoms with Crippen LogP contribution in [0.1, 0.15) is 44.8 Å². The number of urea groups is 1. The van der Waals surface area contributed by atoms with E-state index in [-0.39, 0.29) is 12.0 Å². The van der Waals surface area contributed by atoms with E-state index in [4.69, 9.17) is 10.2 Å². The molecule has 0 fully saturated rings. The first-order valence-electron chi connectivity index (χ1n) is 7.09. The van der Waals surface area contributed by atoms with Gasteiger partial charge < -0.3 is 15.5 Å². The maximum absolute atomic E-state index is 11.5. The van der Waals surface area contributed by atoms with Crippen LogP contribution in [-0.4, -0.2) is 18.5 Å². The number of amides is 2. The molecule has 0 aliphatic rings. The number of carbonyl (C=O) groups excluding carboxylic acids is 1. The van der Waals surface area contributed by atoms with Gasteiger partial charge in [-0.2, -0.15) is 0 Å². The molecule has 0 bridgehead atoms. The smallest absolute Gasteiger partial charge is 0.321 e. The van der Waals surface area contributed by atoms with E-state index < -0.39 is 0 Å². The monoisotopic (exact) mass is 280 g/mol. The summed E-state index contributed by atoms with van der Waals surface area (Å²) in [7, 11) is 0. The number of guanidine groups is 1. The molecule has 0 aliphatic carbocycles. The molecular formula is C14H24N4O2. The zero-order chi connectivity index (χ0) is 14.6. The molecular weight excluding hydrogens is 256 g/mol. The lowest BCUT2D eigenvalue weighted by Crippen LogP contribution is -2.43. The van der Waals surface area contributed by atoms with E-state index >= 15 is 0 Å². The number of rotatable bonds is 8. The quantitative estimate of drug-likeness (QED) is 0.388. The number of carbonyl (C=O) groups is 1. The summed E-state index contributed by atoms with van der Waals surface area (Å²) in [5, 5.41) is 5.11. The number of hydrogen-bond acceptors (Lipinski definition) is 3. The highest BCUT2D eigenvalue weighted by Gasteiger charge is 2.03. The Bertz CT molecular complexity index is 401. The van der Waals surface area contributed by atoms with Crippen LogP contribution in [0.2, 0.25) is 0 Å². The van der Waals surface area contributed by atoms with Crippen LogP contribution in [0, 0.1) is 0 Å². The summed E-state index contributed by atoms with van der Waals surface area (Å²) >= 11 is 0. The normalized spacial score (nSPS) is 11.3.